The molecule has 0 aliphatic carbocycles. The number of thiazole rings is 1. The van der Waals surface area contributed by atoms with Crippen LogP contribution in [0.3, 0.4) is 0 Å². The number of benzene rings is 1. The van der Waals surface area contributed by atoms with E-state index < -0.39 is 32.1 Å². The molecule has 13 heteroatoms. The van der Waals surface area contributed by atoms with Crippen molar-refractivity contribution in [3.05, 3.63) is 44.7 Å². The van der Waals surface area contributed by atoms with E-state index in [1.807, 2.05) is 30.1 Å². The first-order valence-corrected chi connectivity index (χ1v) is 12.6. The number of carbonyl (C=O) groups excluding carboxylic acids is 1. The number of aryl methyl sites for hydroxylation is 1. The fraction of sp³-hybridized carbons (Fsp3) is 0.400. The van der Waals surface area contributed by atoms with Gasteiger partial charge in [0.15, 0.2) is 10.0 Å². The minimum Gasteiger partial charge on any atom is -0.494 e. The van der Waals surface area contributed by atoms with Crippen LogP contribution in [0.4, 0.5) is 5.13 Å². The Bertz CT molecular complexity index is 1420. The second kappa shape index (κ2) is 9.08. The molecular formula is C20H23N5O6S2. The van der Waals surface area contributed by atoms with Gasteiger partial charge in [-0.25, -0.2) is 18.2 Å². The number of aromatic nitrogens is 3. The summed E-state index contributed by atoms with van der Waals surface area (Å²) in [4.78, 5) is 44.4. The quantitative estimate of drug-likeness (QED) is 0.469. The molecule has 1 aromatic carbocycles. The van der Waals surface area contributed by atoms with Gasteiger partial charge in [-0.3, -0.25) is 14.6 Å². The minimum absolute atomic E-state index is 0.0213. The number of hydrogen-bond acceptors (Lipinski definition) is 8. The maximum absolute atomic E-state index is 12.9. The molecule has 0 atom stereocenters. The van der Waals surface area contributed by atoms with E-state index in [4.69, 9.17) is 4.74 Å². The number of rotatable bonds is 6. The highest BCUT2D eigenvalue weighted by atomic mass is 32.2. The van der Waals surface area contributed by atoms with Crippen molar-refractivity contribution < 1.29 is 17.9 Å². The summed E-state index contributed by atoms with van der Waals surface area (Å²) < 4.78 is 33.4. The van der Waals surface area contributed by atoms with Crippen molar-refractivity contribution in [3.63, 3.8) is 0 Å². The van der Waals surface area contributed by atoms with Crippen molar-refractivity contribution in [3.8, 4) is 5.75 Å². The molecule has 0 unspecified atom stereocenters. The number of anilines is 1. The number of hydrogen-bond donors (Lipinski definition) is 3. The summed E-state index contributed by atoms with van der Waals surface area (Å²) in [7, 11) is -4.11. The van der Waals surface area contributed by atoms with Gasteiger partial charge in [0.2, 0.25) is 15.9 Å². The van der Waals surface area contributed by atoms with Crippen molar-refractivity contribution in [1.29, 1.82) is 0 Å². The highest BCUT2D eigenvalue weighted by Crippen LogP contribution is 2.30. The molecule has 1 aliphatic heterocycles. The first-order valence-electron chi connectivity index (χ1n) is 10.4. The SMILES string of the molecule is CCOc1ccc2nc(NC(=O)C3CCN(S(=O)(=O)c4c(C)[nH]c(=O)[nH]c4=O)CC3)sc2c1. The van der Waals surface area contributed by atoms with Crippen molar-refractivity contribution in [2.45, 2.75) is 31.6 Å². The lowest BCUT2D eigenvalue weighted by atomic mass is 9.97. The van der Waals surface area contributed by atoms with Crippen LogP contribution in [-0.2, 0) is 14.8 Å². The van der Waals surface area contributed by atoms with Gasteiger partial charge in [-0.1, -0.05) is 11.3 Å². The Kier molecular flexibility index (Phi) is 6.36. The molecule has 1 amide bonds. The van der Waals surface area contributed by atoms with E-state index in [2.05, 4.69) is 15.3 Å². The second-order valence-corrected chi connectivity index (χ2v) is 10.5. The third kappa shape index (κ3) is 4.70. The predicted octanol–water partition coefficient (Wildman–Crippen LogP) is 1.42. The fourth-order valence-electron chi connectivity index (χ4n) is 3.81. The van der Waals surface area contributed by atoms with Crippen LogP contribution in [0.5, 0.6) is 5.75 Å². The number of H-pyrrole nitrogens is 2. The van der Waals surface area contributed by atoms with Crippen LogP contribution < -0.4 is 21.3 Å². The summed E-state index contributed by atoms with van der Waals surface area (Å²) in [5.41, 5.74) is -0.997. The van der Waals surface area contributed by atoms with Crippen molar-refractivity contribution in [2.75, 3.05) is 25.0 Å². The van der Waals surface area contributed by atoms with E-state index in [1.54, 1.807) is 0 Å². The molecule has 0 spiro atoms. The average molecular weight is 494 g/mol. The largest absolute Gasteiger partial charge is 0.494 e. The summed E-state index contributed by atoms with van der Waals surface area (Å²) in [6, 6.07) is 5.52. The van der Waals surface area contributed by atoms with E-state index >= 15 is 0 Å². The zero-order valence-corrected chi connectivity index (χ0v) is 19.6. The summed E-state index contributed by atoms with van der Waals surface area (Å²) in [5, 5.41) is 3.29. The number of ether oxygens (including phenoxy) is 1. The Balaban J connectivity index is 1.42. The van der Waals surface area contributed by atoms with Crippen molar-refractivity contribution in [1.82, 2.24) is 19.3 Å². The van der Waals surface area contributed by atoms with Gasteiger partial charge in [0.05, 0.1) is 16.8 Å². The molecule has 4 rings (SSSR count). The van der Waals surface area contributed by atoms with Gasteiger partial charge in [-0.2, -0.15) is 4.31 Å². The Morgan fingerprint density at radius 3 is 2.67 bits per heavy atom. The van der Waals surface area contributed by atoms with Gasteiger partial charge in [-0.05, 0) is 44.9 Å². The van der Waals surface area contributed by atoms with Gasteiger partial charge in [0.1, 0.15) is 5.75 Å². The van der Waals surface area contributed by atoms with Crippen LogP contribution in [0.1, 0.15) is 25.5 Å². The van der Waals surface area contributed by atoms with E-state index in [-0.39, 0.29) is 24.7 Å². The van der Waals surface area contributed by atoms with Crippen molar-refractivity contribution >= 4 is 42.6 Å². The molecule has 2 aromatic heterocycles. The van der Waals surface area contributed by atoms with Crippen LogP contribution >= 0.6 is 11.3 Å². The molecule has 0 saturated carbocycles. The minimum atomic E-state index is -4.11. The van der Waals surface area contributed by atoms with Crippen molar-refractivity contribution in [2.24, 2.45) is 5.92 Å². The molecular weight excluding hydrogens is 470 g/mol. The highest BCUT2D eigenvalue weighted by Gasteiger charge is 2.35. The zero-order valence-electron chi connectivity index (χ0n) is 18.0. The molecule has 11 nitrogen and oxygen atoms in total. The molecule has 3 heterocycles. The van der Waals surface area contributed by atoms with Gasteiger partial charge in [0.25, 0.3) is 5.56 Å². The van der Waals surface area contributed by atoms with Crippen LogP contribution in [-0.4, -0.2) is 53.3 Å². The zero-order chi connectivity index (χ0) is 23.8. The van der Waals surface area contributed by atoms with Gasteiger partial charge in [-0.15, -0.1) is 0 Å². The Hall–Kier alpha value is -3.03. The van der Waals surface area contributed by atoms with E-state index in [0.717, 1.165) is 16.0 Å². The molecule has 3 N–H and O–H groups in total. The fourth-order valence-corrected chi connectivity index (χ4v) is 6.38. The number of aromatic amines is 2. The van der Waals surface area contributed by atoms with E-state index in [0.29, 0.717) is 24.6 Å². The average Bonchev–Trinajstić information content (AvgIpc) is 3.14. The first-order chi connectivity index (χ1) is 15.7. The predicted molar refractivity (Wildman–Crippen MR) is 123 cm³/mol. The molecule has 33 heavy (non-hydrogen) atoms. The molecule has 0 radical (unpaired) electrons. The standard InChI is InChI=1S/C20H23N5O6S2/c1-3-31-13-4-5-14-15(10-13)32-20(22-14)24-17(26)12-6-8-25(9-7-12)33(29,30)16-11(2)21-19(28)23-18(16)27/h4-5,10,12H,3,6-9H2,1-2H3,(H,22,24,26)(H2,21,23,27,28). The Morgan fingerprint density at radius 1 is 1.27 bits per heavy atom. The first kappa shape index (κ1) is 23.1. The Labute approximate surface area is 192 Å². The monoisotopic (exact) mass is 493 g/mol. The van der Waals surface area contributed by atoms with Gasteiger partial charge >= 0.3 is 5.69 Å². The number of fused-ring (bicyclic) bond motifs is 1. The lowest BCUT2D eigenvalue weighted by molar-refractivity contribution is -0.120. The maximum atomic E-state index is 12.9. The van der Waals surface area contributed by atoms with Gasteiger partial charge < -0.3 is 15.0 Å². The van der Waals surface area contributed by atoms with Gasteiger partial charge in [0, 0.05) is 24.7 Å². The maximum Gasteiger partial charge on any atom is 0.325 e. The lowest BCUT2D eigenvalue weighted by Crippen LogP contribution is -2.44. The third-order valence-corrected chi connectivity index (χ3v) is 8.38. The number of nitrogens with zero attached hydrogens (tertiary/aromatic N) is 2. The molecule has 3 aromatic rings. The van der Waals surface area contributed by atoms with E-state index in [9.17, 15) is 22.8 Å². The third-order valence-electron chi connectivity index (χ3n) is 5.40. The number of piperidine rings is 1. The number of sulfonamides is 1. The topological polar surface area (TPSA) is 154 Å². The normalized spacial score (nSPS) is 15.6. The summed E-state index contributed by atoms with van der Waals surface area (Å²) in [6.07, 6.45) is 0.593. The van der Waals surface area contributed by atoms with Crippen LogP contribution in [0, 0.1) is 12.8 Å². The lowest BCUT2D eigenvalue weighted by Gasteiger charge is -2.30. The smallest absolute Gasteiger partial charge is 0.325 e. The number of nitrogens with one attached hydrogen (secondary N) is 3. The number of amides is 1. The van der Waals surface area contributed by atoms with E-state index in [1.165, 1.54) is 22.6 Å². The van der Waals surface area contributed by atoms with Crippen LogP contribution in [0.2, 0.25) is 0 Å². The summed E-state index contributed by atoms with van der Waals surface area (Å²) >= 11 is 1.34. The highest BCUT2D eigenvalue weighted by molar-refractivity contribution is 7.89. The van der Waals surface area contributed by atoms with Crippen LogP contribution in [0.25, 0.3) is 10.2 Å². The Morgan fingerprint density at radius 2 is 2.00 bits per heavy atom. The molecule has 0 bridgehead atoms. The molecule has 1 fully saturated rings. The molecule has 176 valence electrons. The number of carbonyl (C=O) groups is 1. The molecule has 1 saturated heterocycles. The summed E-state index contributed by atoms with van der Waals surface area (Å²) in [5.74, 6) is 0.114. The second-order valence-electron chi connectivity index (χ2n) is 7.61. The van der Waals surface area contributed by atoms with Crippen LogP contribution in [0.15, 0.2) is 32.7 Å². The molecule has 1 aliphatic rings. The summed E-state index contributed by atoms with van der Waals surface area (Å²) in [6.45, 7) is 3.97.